The number of nitrogens with zero attached hydrogens (tertiary/aromatic N) is 3. The first kappa shape index (κ1) is 14.4. The molecule has 1 aromatic carbocycles. The van der Waals surface area contributed by atoms with Crippen LogP contribution in [-0.2, 0) is 6.54 Å². The molecule has 3 aromatic rings. The van der Waals surface area contributed by atoms with Gasteiger partial charge in [-0.2, -0.15) is 5.26 Å². The molecule has 0 saturated carbocycles. The number of nitriles is 1. The minimum Gasteiger partial charge on any atom is -0.448 e. The average Bonchev–Trinajstić information content (AvgIpc) is 2.90. The molecule has 0 aliphatic rings. The van der Waals surface area contributed by atoms with E-state index in [2.05, 4.69) is 17.6 Å². The number of furan rings is 1. The lowest BCUT2D eigenvalue weighted by atomic mass is 10.2. The monoisotopic (exact) mass is 311 g/mol. The maximum atomic E-state index is 12.7. The summed E-state index contributed by atoms with van der Waals surface area (Å²) in [6.45, 7) is 5.76. The Morgan fingerprint density at radius 1 is 1.55 bits per heavy atom. The number of fused-ring (bicyclic) bond motifs is 3. The molecule has 2 heterocycles. The highest BCUT2D eigenvalue weighted by atomic mass is 32.2. The first-order chi connectivity index (χ1) is 10.7. The lowest BCUT2D eigenvalue weighted by Crippen LogP contribution is -2.22. The predicted octanol–water partition coefficient (Wildman–Crippen LogP) is 3.33. The second kappa shape index (κ2) is 5.70. The van der Waals surface area contributed by atoms with E-state index in [4.69, 9.17) is 9.68 Å². The van der Waals surface area contributed by atoms with E-state index in [1.54, 1.807) is 19.1 Å². The van der Waals surface area contributed by atoms with Crippen molar-refractivity contribution in [3.05, 3.63) is 47.3 Å². The highest BCUT2D eigenvalue weighted by Crippen LogP contribution is 2.28. The molecule has 110 valence electrons. The van der Waals surface area contributed by atoms with Crippen molar-refractivity contribution in [1.29, 1.82) is 5.26 Å². The van der Waals surface area contributed by atoms with Gasteiger partial charge in [-0.25, -0.2) is 4.98 Å². The summed E-state index contributed by atoms with van der Waals surface area (Å²) >= 11 is 1.25. The van der Waals surface area contributed by atoms with Crippen LogP contribution in [0.15, 0.2) is 51.3 Å². The van der Waals surface area contributed by atoms with E-state index >= 15 is 0 Å². The van der Waals surface area contributed by atoms with Crippen LogP contribution in [0.1, 0.15) is 6.92 Å². The number of aromatic nitrogens is 2. The van der Waals surface area contributed by atoms with Gasteiger partial charge in [0.05, 0.1) is 11.3 Å². The van der Waals surface area contributed by atoms with E-state index in [0.717, 1.165) is 5.39 Å². The standard InChI is InChI=1S/C16H13N3O2S/c1-3-8-19-15(20)14-13(18-16(19)22-10(2)9-17)11-6-4-5-7-12(11)21-14/h3-7,10H,1,8H2,2H3/t10-/m0/s1. The summed E-state index contributed by atoms with van der Waals surface area (Å²) in [5.41, 5.74) is 1.14. The zero-order chi connectivity index (χ0) is 15.7. The summed E-state index contributed by atoms with van der Waals surface area (Å²) in [5, 5.41) is 10.00. The molecule has 0 saturated heterocycles. The van der Waals surface area contributed by atoms with Gasteiger partial charge in [0.25, 0.3) is 5.56 Å². The topological polar surface area (TPSA) is 71.8 Å². The lowest BCUT2D eigenvalue weighted by Gasteiger charge is -2.10. The minimum atomic E-state index is -0.307. The van der Waals surface area contributed by atoms with Crippen molar-refractivity contribution in [2.45, 2.75) is 23.9 Å². The fourth-order valence-electron chi connectivity index (χ4n) is 2.22. The van der Waals surface area contributed by atoms with Gasteiger partial charge in [-0.15, -0.1) is 6.58 Å². The number of benzene rings is 1. The van der Waals surface area contributed by atoms with Gasteiger partial charge in [-0.3, -0.25) is 9.36 Å². The quantitative estimate of drug-likeness (QED) is 0.420. The molecule has 5 nitrogen and oxygen atoms in total. The normalized spacial score (nSPS) is 12.4. The number of rotatable bonds is 4. The molecular weight excluding hydrogens is 298 g/mol. The first-order valence-corrected chi connectivity index (χ1v) is 7.63. The summed E-state index contributed by atoms with van der Waals surface area (Å²) in [6.07, 6.45) is 1.62. The van der Waals surface area contributed by atoms with E-state index < -0.39 is 0 Å². The molecule has 0 N–H and O–H groups in total. The van der Waals surface area contributed by atoms with Gasteiger partial charge < -0.3 is 4.42 Å². The Morgan fingerprint density at radius 2 is 2.32 bits per heavy atom. The van der Waals surface area contributed by atoms with E-state index in [0.29, 0.717) is 22.8 Å². The molecule has 22 heavy (non-hydrogen) atoms. The molecule has 6 heteroatoms. The van der Waals surface area contributed by atoms with E-state index in [9.17, 15) is 4.79 Å². The Kier molecular flexibility index (Phi) is 3.73. The molecule has 0 fully saturated rings. The lowest BCUT2D eigenvalue weighted by molar-refractivity contribution is 0.618. The van der Waals surface area contributed by atoms with Crippen molar-refractivity contribution in [1.82, 2.24) is 9.55 Å². The molecular formula is C16H13N3O2S. The van der Waals surface area contributed by atoms with Crippen LogP contribution in [0.25, 0.3) is 22.1 Å². The van der Waals surface area contributed by atoms with Crippen LogP contribution < -0.4 is 5.56 Å². The summed E-state index contributed by atoms with van der Waals surface area (Å²) in [5.74, 6) is 0. The van der Waals surface area contributed by atoms with E-state index in [1.165, 1.54) is 16.3 Å². The van der Waals surface area contributed by atoms with Crippen LogP contribution in [0.5, 0.6) is 0 Å². The third-order valence-corrected chi connectivity index (χ3v) is 4.20. The highest BCUT2D eigenvalue weighted by molar-refractivity contribution is 8.00. The van der Waals surface area contributed by atoms with Crippen molar-refractivity contribution in [3.63, 3.8) is 0 Å². The number of hydrogen-bond acceptors (Lipinski definition) is 5. The Hall–Kier alpha value is -2.52. The summed E-state index contributed by atoms with van der Waals surface area (Å²) < 4.78 is 7.13. The SMILES string of the molecule is C=CCn1c(S[C@@H](C)C#N)nc2c(oc3ccccc32)c1=O. The molecule has 3 rings (SSSR count). The molecule has 0 unspecified atom stereocenters. The predicted molar refractivity (Wildman–Crippen MR) is 86.9 cm³/mol. The zero-order valence-electron chi connectivity index (χ0n) is 11.9. The van der Waals surface area contributed by atoms with Crippen LogP contribution in [0.4, 0.5) is 0 Å². The minimum absolute atomic E-state index is 0.233. The van der Waals surface area contributed by atoms with Crippen LogP contribution in [0, 0.1) is 11.3 Å². The maximum Gasteiger partial charge on any atom is 0.298 e. The van der Waals surface area contributed by atoms with Crippen LogP contribution in [-0.4, -0.2) is 14.8 Å². The van der Waals surface area contributed by atoms with Gasteiger partial charge >= 0.3 is 0 Å². The number of allylic oxidation sites excluding steroid dienone is 1. The van der Waals surface area contributed by atoms with Gasteiger partial charge in [0, 0.05) is 11.9 Å². The first-order valence-electron chi connectivity index (χ1n) is 6.75. The molecule has 0 aliphatic heterocycles. The number of hydrogen-bond donors (Lipinski definition) is 0. The molecule has 1 atom stereocenters. The third-order valence-electron chi connectivity index (χ3n) is 3.22. The fourth-order valence-corrected chi connectivity index (χ4v) is 3.02. The highest BCUT2D eigenvalue weighted by Gasteiger charge is 2.18. The largest absolute Gasteiger partial charge is 0.448 e. The van der Waals surface area contributed by atoms with E-state index in [1.807, 2.05) is 18.2 Å². The van der Waals surface area contributed by atoms with Crippen LogP contribution >= 0.6 is 11.8 Å². The molecule has 2 aromatic heterocycles. The molecule has 0 spiro atoms. The smallest absolute Gasteiger partial charge is 0.298 e. The van der Waals surface area contributed by atoms with Gasteiger partial charge in [-0.1, -0.05) is 30.0 Å². The molecule has 0 radical (unpaired) electrons. The average molecular weight is 311 g/mol. The van der Waals surface area contributed by atoms with Crippen LogP contribution in [0.2, 0.25) is 0 Å². The number of para-hydroxylation sites is 1. The van der Waals surface area contributed by atoms with Crippen molar-refractivity contribution < 1.29 is 4.42 Å². The van der Waals surface area contributed by atoms with Crippen molar-refractivity contribution in [3.8, 4) is 6.07 Å². The van der Waals surface area contributed by atoms with Gasteiger partial charge in [0.15, 0.2) is 5.16 Å². The molecule has 0 bridgehead atoms. The van der Waals surface area contributed by atoms with Gasteiger partial charge in [0.1, 0.15) is 11.1 Å². The summed E-state index contributed by atoms with van der Waals surface area (Å²) in [7, 11) is 0. The summed E-state index contributed by atoms with van der Waals surface area (Å²) in [4.78, 5) is 17.2. The molecule has 0 amide bonds. The maximum absolute atomic E-state index is 12.7. The van der Waals surface area contributed by atoms with Gasteiger partial charge in [-0.05, 0) is 19.1 Å². The molecule has 0 aliphatic carbocycles. The Bertz CT molecular complexity index is 965. The third kappa shape index (κ3) is 2.30. The fraction of sp³-hybridized carbons (Fsp3) is 0.188. The van der Waals surface area contributed by atoms with E-state index in [-0.39, 0.29) is 16.4 Å². The van der Waals surface area contributed by atoms with Gasteiger partial charge in [0.2, 0.25) is 5.58 Å². The Morgan fingerprint density at radius 3 is 3.05 bits per heavy atom. The van der Waals surface area contributed by atoms with Crippen molar-refractivity contribution in [2.75, 3.05) is 0 Å². The Labute approximate surface area is 130 Å². The Balaban J connectivity index is 2.34. The number of thioether (sulfide) groups is 1. The second-order valence-corrected chi connectivity index (χ2v) is 6.07. The second-order valence-electron chi connectivity index (χ2n) is 4.76. The zero-order valence-corrected chi connectivity index (χ0v) is 12.8. The summed E-state index contributed by atoms with van der Waals surface area (Å²) in [6, 6.07) is 9.53. The van der Waals surface area contributed by atoms with Crippen molar-refractivity contribution >= 4 is 33.8 Å². The van der Waals surface area contributed by atoms with Crippen LogP contribution in [0.3, 0.4) is 0 Å². The van der Waals surface area contributed by atoms with Crippen molar-refractivity contribution in [2.24, 2.45) is 0 Å².